The van der Waals surface area contributed by atoms with Gasteiger partial charge in [0.15, 0.2) is 0 Å². The van der Waals surface area contributed by atoms with Crippen molar-refractivity contribution in [3.8, 4) is 0 Å². The van der Waals surface area contributed by atoms with Crippen molar-refractivity contribution in [3.63, 3.8) is 0 Å². The van der Waals surface area contributed by atoms with Crippen LogP contribution in [0.1, 0.15) is 39.0 Å². The van der Waals surface area contributed by atoms with Gasteiger partial charge in [-0.3, -0.25) is 0 Å². The third kappa shape index (κ3) is 2.95. The number of hydrogen-bond donors (Lipinski definition) is 1. The number of carbonyl (C=O) groups is 1. The first-order valence-corrected chi connectivity index (χ1v) is 8.18. The molecule has 1 aliphatic rings. The van der Waals surface area contributed by atoms with Gasteiger partial charge in [-0.2, -0.15) is 0 Å². The first-order valence-electron chi connectivity index (χ1n) is 7.36. The molecule has 2 heterocycles. The summed E-state index contributed by atoms with van der Waals surface area (Å²) in [5.41, 5.74) is 2.74. The second-order valence-corrected chi connectivity index (χ2v) is 6.65. The molecule has 1 aromatic carbocycles. The molecule has 2 aromatic rings. The number of aryl methyl sites for hydroxylation is 2. The molecule has 0 amide bonds. The fourth-order valence-electron chi connectivity index (χ4n) is 2.86. The zero-order chi connectivity index (χ0) is 14.8. The van der Waals surface area contributed by atoms with E-state index in [2.05, 4.69) is 24.0 Å². The highest BCUT2D eigenvalue weighted by Gasteiger charge is 2.19. The molecule has 3 rings (SSSR count). The van der Waals surface area contributed by atoms with Crippen LogP contribution in [0.2, 0.25) is 0 Å². The number of anilines is 1. The highest BCUT2D eigenvalue weighted by Crippen LogP contribution is 2.30. The van der Waals surface area contributed by atoms with Crippen LogP contribution in [0, 0.1) is 0 Å². The van der Waals surface area contributed by atoms with Gasteiger partial charge >= 0.3 is 5.97 Å². The number of nitrogens with zero attached hydrogens (tertiary/aromatic N) is 1. The molecule has 0 saturated carbocycles. The first-order chi connectivity index (χ1) is 10.2. The second-order valence-electron chi connectivity index (χ2n) is 5.40. The van der Waals surface area contributed by atoms with E-state index < -0.39 is 5.97 Å². The lowest BCUT2D eigenvalue weighted by molar-refractivity contribution is 0.0697. The molecule has 0 spiro atoms. The molecule has 0 bridgehead atoms. The Morgan fingerprint density at radius 2 is 2.10 bits per heavy atom. The van der Waals surface area contributed by atoms with E-state index in [4.69, 9.17) is 5.11 Å². The summed E-state index contributed by atoms with van der Waals surface area (Å²) >= 11 is 1.87. The van der Waals surface area contributed by atoms with Crippen LogP contribution in [0.4, 0.5) is 5.69 Å². The third-order valence-electron chi connectivity index (χ3n) is 3.95. The minimum Gasteiger partial charge on any atom is -0.478 e. The lowest BCUT2D eigenvalue weighted by atomic mass is 9.99. The SMILES string of the molecule is CCc1ccc(CN2CCCc3cc(C(=O)O)ccc32)s1. The van der Waals surface area contributed by atoms with E-state index in [-0.39, 0.29) is 0 Å². The summed E-state index contributed by atoms with van der Waals surface area (Å²) < 4.78 is 0. The zero-order valence-electron chi connectivity index (χ0n) is 12.1. The van der Waals surface area contributed by atoms with Gasteiger partial charge in [0.2, 0.25) is 0 Å². The number of carboxylic acids is 1. The number of hydrogen-bond acceptors (Lipinski definition) is 3. The summed E-state index contributed by atoms with van der Waals surface area (Å²) in [7, 11) is 0. The van der Waals surface area contributed by atoms with Gasteiger partial charge in [-0.15, -0.1) is 11.3 Å². The lowest BCUT2D eigenvalue weighted by Crippen LogP contribution is -2.28. The van der Waals surface area contributed by atoms with Crippen LogP contribution in [-0.2, 0) is 19.4 Å². The van der Waals surface area contributed by atoms with Crippen molar-refractivity contribution < 1.29 is 9.90 Å². The van der Waals surface area contributed by atoms with Crippen LogP contribution in [0.25, 0.3) is 0 Å². The molecule has 0 saturated heterocycles. The van der Waals surface area contributed by atoms with Crippen LogP contribution >= 0.6 is 11.3 Å². The molecule has 0 aliphatic carbocycles. The zero-order valence-corrected chi connectivity index (χ0v) is 12.9. The molecule has 4 heteroatoms. The van der Waals surface area contributed by atoms with Crippen LogP contribution in [0.15, 0.2) is 30.3 Å². The Morgan fingerprint density at radius 1 is 1.29 bits per heavy atom. The van der Waals surface area contributed by atoms with Crippen molar-refractivity contribution in [2.45, 2.75) is 32.7 Å². The summed E-state index contributed by atoms with van der Waals surface area (Å²) in [6, 6.07) is 9.93. The smallest absolute Gasteiger partial charge is 0.335 e. The van der Waals surface area contributed by atoms with Crippen molar-refractivity contribution in [3.05, 3.63) is 51.2 Å². The number of benzene rings is 1. The Kier molecular flexibility index (Phi) is 3.97. The molecule has 0 fully saturated rings. The maximum Gasteiger partial charge on any atom is 0.335 e. The molecule has 21 heavy (non-hydrogen) atoms. The quantitative estimate of drug-likeness (QED) is 0.929. The average Bonchev–Trinajstić information content (AvgIpc) is 2.94. The Labute approximate surface area is 128 Å². The van der Waals surface area contributed by atoms with Gasteiger partial charge in [0.05, 0.1) is 12.1 Å². The van der Waals surface area contributed by atoms with Gasteiger partial charge in [0.25, 0.3) is 0 Å². The average molecular weight is 301 g/mol. The fraction of sp³-hybridized carbons (Fsp3) is 0.353. The summed E-state index contributed by atoms with van der Waals surface area (Å²) in [5, 5.41) is 9.11. The molecule has 0 unspecified atom stereocenters. The van der Waals surface area contributed by atoms with Crippen LogP contribution in [0.3, 0.4) is 0 Å². The van der Waals surface area contributed by atoms with Crippen molar-refractivity contribution in [2.75, 3.05) is 11.4 Å². The molecule has 0 radical (unpaired) electrons. The van der Waals surface area contributed by atoms with Crippen LogP contribution < -0.4 is 4.90 Å². The van der Waals surface area contributed by atoms with Crippen LogP contribution in [-0.4, -0.2) is 17.6 Å². The second kappa shape index (κ2) is 5.90. The highest BCUT2D eigenvalue weighted by atomic mass is 32.1. The first kappa shape index (κ1) is 14.1. The van der Waals surface area contributed by atoms with Gasteiger partial charge in [0, 0.05) is 22.0 Å². The predicted octanol–water partition coefficient (Wildman–Crippen LogP) is 3.96. The van der Waals surface area contributed by atoms with E-state index in [0.717, 1.165) is 37.9 Å². The Hall–Kier alpha value is -1.81. The third-order valence-corrected chi connectivity index (χ3v) is 5.17. The van der Waals surface area contributed by atoms with Gasteiger partial charge in [-0.1, -0.05) is 6.92 Å². The Morgan fingerprint density at radius 3 is 2.81 bits per heavy atom. The van der Waals surface area contributed by atoms with Crippen molar-refractivity contribution in [1.82, 2.24) is 0 Å². The molecule has 3 nitrogen and oxygen atoms in total. The number of fused-ring (bicyclic) bond motifs is 1. The summed E-state index contributed by atoms with van der Waals surface area (Å²) in [4.78, 5) is 16.3. The van der Waals surface area contributed by atoms with E-state index in [1.807, 2.05) is 23.5 Å². The monoisotopic (exact) mass is 301 g/mol. The van der Waals surface area contributed by atoms with Gasteiger partial charge < -0.3 is 10.0 Å². The largest absolute Gasteiger partial charge is 0.478 e. The summed E-state index contributed by atoms with van der Waals surface area (Å²) in [6.07, 6.45) is 3.14. The van der Waals surface area contributed by atoms with Crippen LogP contribution in [0.5, 0.6) is 0 Å². The molecule has 1 N–H and O–H groups in total. The highest BCUT2D eigenvalue weighted by molar-refractivity contribution is 7.12. The molecule has 0 atom stereocenters. The standard InChI is InChI=1S/C17H19NO2S/c1-2-14-6-7-15(21-14)11-18-9-3-4-12-10-13(17(19)20)5-8-16(12)18/h5-8,10H,2-4,9,11H2,1H3,(H,19,20). The Bertz CT molecular complexity index is 663. The topological polar surface area (TPSA) is 40.5 Å². The Balaban J connectivity index is 1.84. The molecular weight excluding hydrogens is 282 g/mol. The lowest BCUT2D eigenvalue weighted by Gasteiger charge is -2.31. The molecule has 1 aromatic heterocycles. The van der Waals surface area contributed by atoms with Gasteiger partial charge in [-0.05, 0) is 55.2 Å². The molecular formula is C17H19NO2S. The van der Waals surface area contributed by atoms with E-state index in [9.17, 15) is 4.79 Å². The van der Waals surface area contributed by atoms with E-state index in [1.165, 1.54) is 15.4 Å². The van der Waals surface area contributed by atoms with Crippen molar-refractivity contribution in [2.24, 2.45) is 0 Å². The summed E-state index contributed by atoms with van der Waals surface area (Å²) in [6.45, 7) is 4.14. The van der Waals surface area contributed by atoms with Crippen molar-refractivity contribution >= 4 is 23.0 Å². The maximum absolute atomic E-state index is 11.1. The van der Waals surface area contributed by atoms with E-state index in [1.54, 1.807) is 6.07 Å². The molecule has 110 valence electrons. The van der Waals surface area contributed by atoms with Gasteiger partial charge in [-0.25, -0.2) is 4.79 Å². The van der Waals surface area contributed by atoms with Crippen molar-refractivity contribution in [1.29, 1.82) is 0 Å². The predicted molar refractivity (Wildman–Crippen MR) is 86.5 cm³/mol. The minimum absolute atomic E-state index is 0.389. The molecule has 1 aliphatic heterocycles. The number of carboxylic acid groups (broad SMARTS) is 1. The fourth-order valence-corrected chi connectivity index (χ4v) is 3.83. The van der Waals surface area contributed by atoms with Gasteiger partial charge in [0.1, 0.15) is 0 Å². The minimum atomic E-state index is -0.847. The summed E-state index contributed by atoms with van der Waals surface area (Å²) in [5.74, 6) is -0.847. The van der Waals surface area contributed by atoms with E-state index in [0.29, 0.717) is 5.56 Å². The number of aromatic carboxylic acids is 1. The maximum atomic E-state index is 11.1. The normalized spacial score (nSPS) is 14.0. The van der Waals surface area contributed by atoms with E-state index >= 15 is 0 Å². The number of thiophene rings is 1. The number of rotatable bonds is 4.